The molecule has 0 saturated heterocycles. The van der Waals surface area contributed by atoms with Gasteiger partial charge in [0.15, 0.2) is 6.10 Å². The fourth-order valence-corrected chi connectivity index (χ4v) is 7.51. The van der Waals surface area contributed by atoms with E-state index in [4.69, 9.17) is 14.2 Å². The lowest BCUT2D eigenvalue weighted by molar-refractivity contribution is -0.167. The van der Waals surface area contributed by atoms with Gasteiger partial charge < -0.3 is 14.2 Å². The van der Waals surface area contributed by atoms with E-state index in [1.54, 1.807) is 0 Å². The first-order valence-electron chi connectivity index (χ1n) is 24.9. The van der Waals surface area contributed by atoms with Crippen LogP contribution >= 0.6 is 0 Å². The van der Waals surface area contributed by atoms with Crippen LogP contribution in [0.25, 0.3) is 0 Å². The van der Waals surface area contributed by atoms with Gasteiger partial charge in [0.2, 0.25) is 0 Å². The Balaban J connectivity index is 4.30. The van der Waals surface area contributed by atoms with E-state index in [0.717, 1.165) is 63.7 Å². The minimum Gasteiger partial charge on any atom is -0.462 e. The normalized spacial score (nSPS) is 11.9. The van der Waals surface area contributed by atoms with Gasteiger partial charge in [0.1, 0.15) is 13.2 Å². The van der Waals surface area contributed by atoms with Crippen molar-refractivity contribution in [2.24, 2.45) is 5.92 Å². The van der Waals surface area contributed by atoms with Crippen molar-refractivity contribution < 1.29 is 28.6 Å². The zero-order valence-corrected chi connectivity index (χ0v) is 38.1. The number of hydrogen-bond donors (Lipinski definition) is 0. The molecule has 0 aliphatic heterocycles. The van der Waals surface area contributed by atoms with E-state index in [2.05, 4.69) is 27.7 Å². The predicted molar refractivity (Wildman–Crippen MR) is 238 cm³/mol. The van der Waals surface area contributed by atoms with Gasteiger partial charge >= 0.3 is 17.9 Å². The Hall–Kier alpha value is -1.59. The number of esters is 3. The summed E-state index contributed by atoms with van der Waals surface area (Å²) in [6.07, 6.45) is 45.2. The first-order valence-corrected chi connectivity index (χ1v) is 24.9. The summed E-state index contributed by atoms with van der Waals surface area (Å²) in [4.78, 5) is 37.8. The van der Waals surface area contributed by atoms with Gasteiger partial charge in [-0.1, -0.05) is 240 Å². The second kappa shape index (κ2) is 44.5. The standard InChI is InChI=1S/C50H96O6/c1-5-7-9-11-13-15-17-19-20-22-24-26-30-35-39-43-50(53)56-47(45-55-49(52)42-38-34-31-27-28-32-36-40-46(3)4)44-54-48(51)41-37-33-29-25-23-21-18-16-14-12-10-8-6-2/h46-47H,5-45H2,1-4H3/t47-/m0/s1. The number of carbonyl (C=O) groups is 3. The fourth-order valence-electron chi connectivity index (χ4n) is 7.51. The zero-order chi connectivity index (χ0) is 41.0. The Kier molecular flexibility index (Phi) is 43.2. The van der Waals surface area contributed by atoms with Crippen LogP contribution in [0.5, 0.6) is 0 Å². The van der Waals surface area contributed by atoms with E-state index in [1.165, 1.54) is 173 Å². The minimum atomic E-state index is -0.760. The minimum absolute atomic E-state index is 0.0635. The molecule has 0 aromatic heterocycles. The Morgan fingerprint density at radius 2 is 0.589 bits per heavy atom. The van der Waals surface area contributed by atoms with E-state index in [0.29, 0.717) is 19.3 Å². The van der Waals surface area contributed by atoms with Crippen LogP contribution in [0, 0.1) is 5.92 Å². The van der Waals surface area contributed by atoms with Gasteiger partial charge in [-0.05, 0) is 25.2 Å². The average molecular weight is 793 g/mol. The molecule has 6 nitrogen and oxygen atoms in total. The third-order valence-electron chi connectivity index (χ3n) is 11.3. The smallest absolute Gasteiger partial charge is 0.306 e. The van der Waals surface area contributed by atoms with Crippen molar-refractivity contribution >= 4 is 17.9 Å². The van der Waals surface area contributed by atoms with E-state index in [1.807, 2.05) is 0 Å². The van der Waals surface area contributed by atoms with Crippen molar-refractivity contribution in [1.82, 2.24) is 0 Å². The third-order valence-corrected chi connectivity index (χ3v) is 11.3. The molecule has 0 aliphatic rings. The highest BCUT2D eigenvalue weighted by atomic mass is 16.6. The van der Waals surface area contributed by atoms with Gasteiger partial charge in [-0.3, -0.25) is 14.4 Å². The lowest BCUT2D eigenvalue weighted by atomic mass is 10.0. The van der Waals surface area contributed by atoms with Crippen molar-refractivity contribution in [3.63, 3.8) is 0 Å². The summed E-state index contributed by atoms with van der Waals surface area (Å²) >= 11 is 0. The SMILES string of the molecule is CCCCCCCCCCCCCCCCCC(=O)O[C@@H](COC(=O)CCCCCCCCCCCCCCC)COC(=O)CCCCCCCCCC(C)C. The number of ether oxygens (including phenoxy) is 3. The van der Waals surface area contributed by atoms with Gasteiger partial charge in [-0.25, -0.2) is 0 Å². The van der Waals surface area contributed by atoms with Crippen LogP contribution in [0.15, 0.2) is 0 Å². The summed E-state index contributed by atoms with van der Waals surface area (Å²) in [5.74, 6) is -0.0682. The van der Waals surface area contributed by atoms with E-state index in [-0.39, 0.29) is 31.1 Å². The molecule has 0 amide bonds. The topological polar surface area (TPSA) is 78.9 Å². The molecule has 0 aromatic carbocycles. The van der Waals surface area contributed by atoms with Crippen LogP contribution in [0.4, 0.5) is 0 Å². The predicted octanol–water partition coefficient (Wildman–Crippen LogP) is 15.9. The Labute approximate surface area is 348 Å². The largest absolute Gasteiger partial charge is 0.462 e. The number of hydrogen-bond acceptors (Lipinski definition) is 6. The summed E-state index contributed by atoms with van der Waals surface area (Å²) in [7, 11) is 0. The molecule has 0 N–H and O–H groups in total. The van der Waals surface area contributed by atoms with Crippen molar-refractivity contribution in [3.8, 4) is 0 Å². The van der Waals surface area contributed by atoms with Crippen LogP contribution in [0.1, 0.15) is 278 Å². The molecule has 0 saturated carbocycles. The summed E-state index contributed by atoms with van der Waals surface area (Å²) in [5.41, 5.74) is 0. The van der Waals surface area contributed by atoms with E-state index < -0.39 is 6.10 Å². The summed E-state index contributed by atoms with van der Waals surface area (Å²) in [6.45, 7) is 8.97. The molecule has 0 rings (SSSR count). The molecule has 0 aromatic rings. The monoisotopic (exact) mass is 793 g/mol. The molecule has 56 heavy (non-hydrogen) atoms. The number of carbonyl (C=O) groups excluding carboxylic acids is 3. The van der Waals surface area contributed by atoms with Crippen LogP contribution in [-0.2, 0) is 28.6 Å². The molecule has 0 aliphatic carbocycles. The Morgan fingerprint density at radius 1 is 0.339 bits per heavy atom. The fraction of sp³-hybridized carbons (Fsp3) is 0.940. The van der Waals surface area contributed by atoms with Crippen LogP contribution < -0.4 is 0 Å². The molecule has 6 heteroatoms. The molecule has 0 spiro atoms. The quantitative estimate of drug-likeness (QED) is 0.0347. The Morgan fingerprint density at radius 3 is 0.875 bits per heavy atom. The molecule has 1 atom stereocenters. The van der Waals surface area contributed by atoms with Crippen LogP contribution in [0.2, 0.25) is 0 Å². The van der Waals surface area contributed by atoms with E-state index >= 15 is 0 Å². The summed E-state index contributed by atoms with van der Waals surface area (Å²) in [5, 5.41) is 0. The van der Waals surface area contributed by atoms with Gasteiger partial charge in [-0.15, -0.1) is 0 Å². The highest BCUT2D eigenvalue weighted by Crippen LogP contribution is 2.17. The summed E-state index contributed by atoms with van der Waals surface area (Å²) < 4.78 is 16.8. The molecule has 0 heterocycles. The molecular weight excluding hydrogens is 697 g/mol. The maximum atomic E-state index is 12.8. The molecule has 0 fully saturated rings. The highest BCUT2D eigenvalue weighted by molar-refractivity contribution is 5.71. The van der Waals surface area contributed by atoms with Crippen LogP contribution in [0.3, 0.4) is 0 Å². The van der Waals surface area contributed by atoms with Crippen molar-refractivity contribution in [2.75, 3.05) is 13.2 Å². The zero-order valence-electron chi connectivity index (χ0n) is 38.1. The second-order valence-corrected chi connectivity index (χ2v) is 17.6. The molecular formula is C50H96O6. The van der Waals surface area contributed by atoms with Crippen LogP contribution in [-0.4, -0.2) is 37.2 Å². The molecule has 0 bridgehead atoms. The highest BCUT2D eigenvalue weighted by Gasteiger charge is 2.19. The number of unbranched alkanes of at least 4 members (excludes halogenated alkanes) is 32. The second-order valence-electron chi connectivity index (χ2n) is 17.6. The van der Waals surface area contributed by atoms with Gasteiger partial charge in [0.05, 0.1) is 0 Å². The third kappa shape index (κ3) is 43.5. The Bertz CT molecular complexity index is 841. The molecule has 0 unspecified atom stereocenters. The lowest BCUT2D eigenvalue weighted by Gasteiger charge is -2.18. The first kappa shape index (κ1) is 54.4. The van der Waals surface area contributed by atoms with Crippen molar-refractivity contribution in [2.45, 2.75) is 284 Å². The van der Waals surface area contributed by atoms with Crippen molar-refractivity contribution in [3.05, 3.63) is 0 Å². The van der Waals surface area contributed by atoms with Crippen molar-refractivity contribution in [1.29, 1.82) is 0 Å². The van der Waals surface area contributed by atoms with Gasteiger partial charge in [0, 0.05) is 19.3 Å². The maximum absolute atomic E-state index is 12.8. The average Bonchev–Trinajstić information content (AvgIpc) is 3.18. The summed E-state index contributed by atoms with van der Waals surface area (Å²) in [6, 6.07) is 0. The van der Waals surface area contributed by atoms with Gasteiger partial charge in [-0.2, -0.15) is 0 Å². The van der Waals surface area contributed by atoms with E-state index in [9.17, 15) is 14.4 Å². The first-order chi connectivity index (χ1) is 27.4. The maximum Gasteiger partial charge on any atom is 0.306 e. The number of rotatable bonds is 45. The molecule has 332 valence electrons. The molecule has 0 radical (unpaired) electrons. The van der Waals surface area contributed by atoms with Gasteiger partial charge in [0.25, 0.3) is 0 Å². The lowest BCUT2D eigenvalue weighted by Crippen LogP contribution is -2.30.